The predicted octanol–water partition coefficient (Wildman–Crippen LogP) is 2.81. The fraction of sp³-hybridized carbons (Fsp3) is 0.368. The van der Waals surface area contributed by atoms with Crippen LogP contribution in [0.25, 0.3) is 22.2 Å². The third-order valence-corrected chi connectivity index (χ3v) is 4.88. The van der Waals surface area contributed by atoms with E-state index in [4.69, 9.17) is 13.9 Å². The number of nitrogens with one attached hydrogen (secondary N) is 1. The third-order valence-electron chi connectivity index (χ3n) is 4.88. The summed E-state index contributed by atoms with van der Waals surface area (Å²) in [6.07, 6.45) is 5.10. The Morgan fingerprint density at radius 1 is 1.35 bits per heavy atom. The van der Waals surface area contributed by atoms with Crippen LogP contribution in [0.5, 0.6) is 5.75 Å². The summed E-state index contributed by atoms with van der Waals surface area (Å²) in [7, 11) is 3.30. The highest BCUT2D eigenvalue weighted by atomic mass is 16.5. The minimum Gasteiger partial charge on any atom is -0.496 e. The molecule has 7 nitrogen and oxygen atoms in total. The Morgan fingerprint density at radius 2 is 2.23 bits per heavy atom. The molecule has 0 amide bonds. The molecule has 0 aliphatic carbocycles. The van der Waals surface area contributed by atoms with Crippen LogP contribution < -0.4 is 15.1 Å². The molecule has 3 heterocycles. The zero-order valence-corrected chi connectivity index (χ0v) is 14.8. The van der Waals surface area contributed by atoms with Crippen LogP contribution in [0.2, 0.25) is 0 Å². The molecule has 1 fully saturated rings. The number of hydrogen-bond acceptors (Lipinski definition) is 6. The minimum atomic E-state index is -0.0414. The van der Waals surface area contributed by atoms with Gasteiger partial charge >= 0.3 is 0 Å². The first-order chi connectivity index (χ1) is 12.7. The molecule has 1 aliphatic rings. The maximum atomic E-state index is 12.8. The van der Waals surface area contributed by atoms with Crippen molar-refractivity contribution in [2.75, 3.05) is 32.3 Å². The number of aromatic nitrogens is 2. The maximum Gasteiger partial charge on any atom is 0.191 e. The molecular formula is C19H21N3O4. The first kappa shape index (κ1) is 16.7. The number of nitrogens with zero attached hydrogens (tertiary/aromatic N) is 2. The van der Waals surface area contributed by atoms with Gasteiger partial charge in [0.25, 0.3) is 0 Å². The summed E-state index contributed by atoms with van der Waals surface area (Å²) < 4.78 is 16.2. The summed E-state index contributed by atoms with van der Waals surface area (Å²) in [5, 5.41) is 0.587. The van der Waals surface area contributed by atoms with Gasteiger partial charge in [0.2, 0.25) is 0 Å². The average molecular weight is 355 g/mol. The van der Waals surface area contributed by atoms with Gasteiger partial charge in [0.05, 0.1) is 37.0 Å². The summed E-state index contributed by atoms with van der Waals surface area (Å²) in [6, 6.07) is 5.56. The van der Waals surface area contributed by atoms with Crippen LogP contribution in [0.1, 0.15) is 12.8 Å². The van der Waals surface area contributed by atoms with Crippen molar-refractivity contribution in [2.45, 2.75) is 18.9 Å². The largest absolute Gasteiger partial charge is 0.496 e. The van der Waals surface area contributed by atoms with Crippen molar-refractivity contribution in [3.05, 3.63) is 41.0 Å². The Morgan fingerprint density at radius 3 is 2.96 bits per heavy atom. The normalized spacial score (nSPS) is 17.2. The number of anilines is 1. The number of methoxy groups -OCH3 is 2. The van der Waals surface area contributed by atoms with E-state index in [1.807, 2.05) is 6.07 Å². The lowest BCUT2D eigenvalue weighted by Crippen LogP contribution is -2.34. The van der Waals surface area contributed by atoms with Crippen molar-refractivity contribution in [1.82, 2.24) is 9.97 Å². The molecule has 4 rings (SSSR count). The Kier molecular flexibility index (Phi) is 4.38. The van der Waals surface area contributed by atoms with Crippen LogP contribution in [-0.4, -0.2) is 43.4 Å². The number of H-pyrrole nitrogens is 1. The maximum absolute atomic E-state index is 12.8. The number of rotatable bonds is 5. The zero-order valence-electron chi connectivity index (χ0n) is 14.8. The molecule has 0 spiro atoms. The molecule has 0 bridgehead atoms. The van der Waals surface area contributed by atoms with Crippen LogP contribution >= 0.6 is 0 Å². The van der Waals surface area contributed by atoms with Crippen molar-refractivity contribution in [3.63, 3.8) is 0 Å². The lowest BCUT2D eigenvalue weighted by atomic mass is 10.1. The lowest BCUT2D eigenvalue weighted by molar-refractivity contribution is 0.180. The molecule has 1 unspecified atom stereocenters. The number of fused-ring (bicyclic) bond motifs is 1. The Balaban J connectivity index is 1.83. The number of aromatic amines is 1. The molecule has 1 aliphatic heterocycles. The fourth-order valence-corrected chi connectivity index (χ4v) is 3.65. The van der Waals surface area contributed by atoms with Crippen LogP contribution in [-0.2, 0) is 4.74 Å². The van der Waals surface area contributed by atoms with Gasteiger partial charge in [-0.15, -0.1) is 0 Å². The van der Waals surface area contributed by atoms with Gasteiger partial charge in [-0.1, -0.05) is 0 Å². The number of hydrogen-bond donors (Lipinski definition) is 1. The predicted molar refractivity (Wildman–Crippen MR) is 98.9 cm³/mol. The number of benzene rings is 1. The van der Waals surface area contributed by atoms with Crippen molar-refractivity contribution in [1.29, 1.82) is 0 Å². The van der Waals surface area contributed by atoms with Crippen molar-refractivity contribution < 1.29 is 13.9 Å². The topological polar surface area (TPSA) is 80.6 Å². The van der Waals surface area contributed by atoms with Gasteiger partial charge in [-0.05, 0) is 18.9 Å². The molecule has 3 aromatic rings. The van der Waals surface area contributed by atoms with E-state index >= 15 is 0 Å². The summed E-state index contributed by atoms with van der Waals surface area (Å²) in [6.45, 7) is 1.55. The van der Waals surface area contributed by atoms with E-state index in [1.54, 1.807) is 32.5 Å². The van der Waals surface area contributed by atoms with E-state index in [2.05, 4.69) is 14.9 Å². The van der Waals surface area contributed by atoms with Gasteiger partial charge in [0, 0.05) is 31.2 Å². The standard InChI is InChI=1S/C19H21N3O4/c1-24-10-12-4-3-5-22(12)19-8-16(23)13-6-14(18-9-20-11-26-18)17(25-2)7-15(13)21-19/h6-9,11-12H,3-5,10H2,1-2H3,(H,21,23). The van der Waals surface area contributed by atoms with Gasteiger partial charge in [0.1, 0.15) is 11.6 Å². The molecular weight excluding hydrogens is 334 g/mol. The number of ether oxygens (including phenoxy) is 2. The van der Waals surface area contributed by atoms with E-state index in [0.717, 1.165) is 30.7 Å². The van der Waals surface area contributed by atoms with E-state index in [1.165, 1.54) is 6.39 Å². The van der Waals surface area contributed by atoms with Gasteiger partial charge in [-0.2, -0.15) is 0 Å². The monoisotopic (exact) mass is 355 g/mol. The Bertz CT molecular complexity index is 965. The highest BCUT2D eigenvalue weighted by Crippen LogP contribution is 2.33. The SMILES string of the molecule is COCC1CCCN1c1cc(=O)c2cc(-c3cnco3)c(OC)cc2[nH]1. The molecule has 1 saturated heterocycles. The fourth-order valence-electron chi connectivity index (χ4n) is 3.65. The van der Waals surface area contributed by atoms with E-state index < -0.39 is 0 Å². The van der Waals surface area contributed by atoms with E-state index in [9.17, 15) is 4.79 Å². The smallest absolute Gasteiger partial charge is 0.191 e. The Hall–Kier alpha value is -2.80. The zero-order chi connectivity index (χ0) is 18.1. The summed E-state index contributed by atoms with van der Waals surface area (Å²) >= 11 is 0. The molecule has 1 N–H and O–H groups in total. The Labute approximate surface area is 150 Å². The van der Waals surface area contributed by atoms with Crippen LogP contribution in [0, 0.1) is 0 Å². The van der Waals surface area contributed by atoms with Crippen molar-refractivity contribution in [2.24, 2.45) is 0 Å². The van der Waals surface area contributed by atoms with Crippen LogP contribution in [0.3, 0.4) is 0 Å². The van der Waals surface area contributed by atoms with Gasteiger partial charge in [-0.3, -0.25) is 4.79 Å². The first-order valence-electron chi connectivity index (χ1n) is 8.60. The number of pyridine rings is 1. The lowest BCUT2D eigenvalue weighted by Gasteiger charge is -2.26. The van der Waals surface area contributed by atoms with Gasteiger partial charge < -0.3 is 23.8 Å². The second-order valence-corrected chi connectivity index (χ2v) is 6.43. The third kappa shape index (κ3) is 2.84. The highest BCUT2D eigenvalue weighted by molar-refractivity contribution is 5.88. The second kappa shape index (κ2) is 6.84. The molecule has 0 saturated carbocycles. The van der Waals surface area contributed by atoms with E-state index in [-0.39, 0.29) is 11.5 Å². The summed E-state index contributed by atoms with van der Waals surface area (Å²) in [5.74, 6) is 2.00. The highest BCUT2D eigenvalue weighted by Gasteiger charge is 2.26. The first-order valence-corrected chi connectivity index (χ1v) is 8.60. The molecule has 1 atom stereocenters. The molecule has 136 valence electrons. The van der Waals surface area contributed by atoms with Gasteiger partial charge in [-0.25, -0.2) is 4.98 Å². The molecule has 0 radical (unpaired) electrons. The summed E-state index contributed by atoms with van der Waals surface area (Å²) in [5.41, 5.74) is 1.39. The van der Waals surface area contributed by atoms with Crippen molar-refractivity contribution >= 4 is 16.7 Å². The molecule has 26 heavy (non-hydrogen) atoms. The molecule has 1 aromatic carbocycles. The molecule has 7 heteroatoms. The minimum absolute atomic E-state index is 0.0414. The van der Waals surface area contributed by atoms with Crippen LogP contribution in [0.4, 0.5) is 5.82 Å². The van der Waals surface area contributed by atoms with Crippen LogP contribution in [0.15, 0.2) is 40.0 Å². The second-order valence-electron chi connectivity index (χ2n) is 6.43. The van der Waals surface area contributed by atoms with Gasteiger partial charge in [0.15, 0.2) is 17.6 Å². The average Bonchev–Trinajstić information content (AvgIpc) is 3.33. The molecule has 2 aromatic heterocycles. The van der Waals surface area contributed by atoms with Crippen molar-refractivity contribution in [3.8, 4) is 17.1 Å². The van der Waals surface area contributed by atoms with E-state index in [0.29, 0.717) is 29.1 Å². The quantitative estimate of drug-likeness (QED) is 0.758. The summed E-state index contributed by atoms with van der Waals surface area (Å²) in [4.78, 5) is 22.3. The number of oxazole rings is 1.